The van der Waals surface area contributed by atoms with E-state index in [2.05, 4.69) is 20.4 Å². The van der Waals surface area contributed by atoms with Crippen molar-refractivity contribution in [3.05, 3.63) is 87.4 Å². The number of benzene rings is 1. The molecule has 0 spiro atoms. The van der Waals surface area contributed by atoms with Crippen molar-refractivity contribution in [3.63, 3.8) is 0 Å². The third-order valence-corrected chi connectivity index (χ3v) is 6.46. The van der Waals surface area contributed by atoms with Crippen LogP contribution in [0.1, 0.15) is 20.0 Å². The van der Waals surface area contributed by atoms with Crippen molar-refractivity contribution in [1.29, 1.82) is 0 Å². The Hall–Kier alpha value is -5.02. The van der Waals surface area contributed by atoms with Gasteiger partial charge in [0.05, 0.1) is 39.7 Å². The largest absolute Gasteiger partial charge is 0.324 e. The molecule has 0 saturated carbocycles. The summed E-state index contributed by atoms with van der Waals surface area (Å²) in [6.45, 7) is 0. The molecule has 0 radical (unpaired) electrons. The van der Waals surface area contributed by atoms with Crippen LogP contribution in [0.25, 0.3) is 22.7 Å². The lowest BCUT2D eigenvalue weighted by Crippen LogP contribution is -2.24. The lowest BCUT2D eigenvalue weighted by atomic mass is 10.3. The molecule has 15 heteroatoms. The summed E-state index contributed by atoms with van der Waals surface area (Å²) in [4.78, 5) is 49.9. The molecule has 5 aromatic rings. The second-order valence-corrected chi connectivity index (χ2v) is 8.85. The van der Waals surface area contributed by atoms with E-state index in [0.717, 1.165) is 5.06 Å². The summed E-state index contributed by atoms with van der Waals surface area (Å²) in [5, 5.41) is 19.2. The number of nitrogens with zero attached hydrogens (tertiary/aromatic N) is 7. The molecule has 0 saturated heterocycles. The van der Waals surface area contributed by atoms with Crippen LogP contribution >= 0.6 is 11.3 Å². The van der Waals surface area contributed by atoms with Gasteiger partial charge in [0, 0.05) is 25.5 Å². The average molecular weight is 537 g/mol. The quantitative estimate of drug-likeness (QED) is 0.245. The Bertz CT molecular complexity index is 1710. The Labute approximate surface area is 216 Å². The van der Waals surface area contributed by atoms with Crippen LogP contribution in [0.4, 0.5) is 15.2 Å². The number of fused-ring (bicyclic) bond motifs is 1. The van der Waals surface area contributed by atoms with Gasteiger partial charge in [0.15, 0.2) is 5.65 Å². The Kier molecular flexibility index (Phi) is 6.36. The molecule has 0 aliphatic carbocycles. The Morgan fingerprint density at radius 3 is 2.74 bits per heavy atom. The van der Waals surface area contributed by atoms with Crippen molar-refractivity contribution in [3.8, 4) is 11.6 Å². The number of halogens is 1. The van der Waals surface area contributed by atoms with Crippen LogP contribution in [0.3, 0.4) is 0 Å². The van der Waals surface area contributed by atoms with Gasteiger partial charge in [-0.05, 0) is 30.3 Å². The molecule has 0 unspecified atom stereocenters. The first-order valence-electron chi connectivity index (χ1n) is 10.8. The number of hydroxylamine groups is 2. The standard InChI is InChI=1S/C23H17FN8O5S/c1-29(37-2)22(34)13-8-9-30(12-13)23-27-19(26-21(33)17-6-7-18(38-17)32(35)36)16-11-25-31(20(16)28-23)15-5-3-4-14(24)10-15/h3-12H,1-2H3,(H,26,27,28,33). The van der Waals surface area contributed by atoms with E-state index in [1.54, 1.807) is 12.3 Å². The highest BCUT2D eigenvalue weighted by Crippen LogP contribution is 2.28. The summed E-state index contributed by atoms with van der Waals surface area (Å²) in [6.07, 6.45) is 4.44. The monoisotopic (exact) mass is 536 g/mol. The second-order valence-electron chi connectivity index (χ2n) is 7.79. The highest BCUT2D eigenvalue weighted by atomic mass is 32.1. The van der Waals surface area contributed by atoms with Gasteiger partial charge >= 0.3 is 5.00 Å². The molecule has 5 rings (SSSR count). The number of aromatic nitrogens is 5. The van der Waals surface area contributed by atoms with E-state index >= 15 is 0 Å². The van der Waals surface area contributed by atoms with Gasteiger partial charge in [-0.1, -0.05) is 17.4 Å². The fourth-order valence-electron chi connectivity index (χ4n) is 3.53. The summed E-state index contributed by atoms with van der Waals surface area (Å²) in [5.41, 5.74) is 0.901. The van der Waals surface area contributed by atoms with E-state index in [9.17, 15) is 24.1 Å². The minimum Gasteiger partial charge on any atom is -0.305 e. The maximum Gasteiger partial charge on any atom is 0.324 e. The number of nitrogens with one attached hydrogen (secondary N) is 1. The Morgan fingerprint density at radius 1 is 1.21 bits per heavy atom. The van der Waals surface area contributed by atoms with E-state index in [1.165, 1.54) is 72.2 Å². The summed E-state index contributed by atoms with van der Waals surface area (Å²) >= 11 is 0.713. The van der Waals surface area contributed by atoms with Crippen LogP contribution in [0.2, 0.25) is 0 Å². The van der Waals surface area contributed by atoms with Gasteiger partial charge in [-0.15, -0.1) is 0 Å². The first-order valence-corrected chi connectivity index (χ1v) is 11.6. The number of hydrogen-bond donors (Lipinski definition) is 1. The number of nitro groups is 1. The van der Waals surface area contributed by atoms with E-state index in [0.29, 0.717) is 22.4 Å². The molecule has 0 bridgehead atoms. The lowest BCUT2D eigenvalue weighted by Gasteiger charge is -2.12. The maximum absolute atomic E-state index is 13.9. The number of carbonyl (C=O) groups excluding carboxylic acids is 2. The SMILES string of the molecule is CON(C)C(=O)c1ccn(-c2nc(NC(=O)c3ccc([N+](=O)[O-])s3)c3cnn(-c4cccc(F)c4)c3n2)c1. The summed E-state index contributed by atoms with van der Waals surface area (Å²) in [6, 6.07) is 9.82. The predicted octanol–water partition coefficient (Wildman–Crippen LogP) is 3.60. The van der Waals surface area contributed by atoms with Gasteiger partial charge in [-0.25, -0.2) is 14.1 Å². The van der Waals surface area contributed by atoms with Crippen LogP contribution in [0.15, 0.2) is 61.1 Å². The molecule has 0 fully saturated rings. The number of hydrogen-bond acceptors (Lipinski definition) is 9. The van der Waals surface area contributed by atoms with E-state index < -0.39 is 22.6 Å². The Balaban J connectivity index is 1.61. The first-order chi connectivity index (χ1) is 18.2. The normalized spacial score (nSPS) is 11.0. The zero-order valence-corrected chi connectivity index (χ0v) is 20.5. The minimum absolute atomic E-state index is 0.0595. The number of amides is 2. The molecule has 4 heterocycles. The minimum atomic E-state index is -0.627. The third kappa shape index (κ3) is 4.58. The third-order valence-electron chi connectivity index (χ3n) is 5.43. The molecule has 0 aliphatic heterocycles. The molecule has 1 N–H and O–H groups in total. The molecule has 0 atom stereocenters. The zero-order valence-electron chi connectivity index (χ0n) is 19.7. The van der Waals surface area contributed by atoms with Gasteiger partial charge in [0.25, 0.3) is 11.8 Å². The first kappa shape index (κ1) is 24.7. The molecule has 2 amide bonds. The van der Waals surface area contributed by atoms with Crippen LogP contribution in [0.5, 0.6) is 0 Å². The molecule has 4 aromatic heterocycles. The van der Waals surface area contributed by atoms with Crippen molar-refractivity contribution in [2.75, 3.05) is 19.5 Å². The van der Waals surface area contributed by atoms with Gasteiger partial charge in [-0.3, -0.25) is 29.1 Å². The van der Waals surface area contributed by atoms with Gasteiger partial charge in [0.2, 0.25) is 5.95 Å². The molecule has 0 aliphatic rings. The van der Waals surface area contributed by atoms with Crippen molar-refractivity contribution in [1.82, 2.24) is 29.4 Å². The highest BCUT2D eigenvalue weighted by molar-refractivity contribution is 7.17. The molecule has 38 heavy (non-hydrogen) atoms. The van der Waals surface area contributed by atoms with Crippen LogP contribution < -0.4 is 5.32 Å². The number of anilines is 1. The van der Waals surface area contributed by atoms with E-state index in [-0.39, 0.29) is 32.9 Å². The Morgan fingerprint density at radius 2 is 2.03 bits per heavy atom. The summed E-state index contributed by atoms with van der Waals surface area (Å²) < 4.78 is 16.8. The fourth-order valence-corrected chi connectivity index (χ4v) is 4.25. The van der Waals surface area contributed by atoms with Gasteiger partial charge in [-0.2, -0.15) is 15.1 Å². The number of rotatable bonds is 7. The summed E-state index contributed by atoms with van der Waals surface area (Å²) in [5.74, 6) is -1.39. The average Bonchev–Trinajstić information content (AvgIpc) is 3.67. The van der Waals surface area contributed by atoms with E-state index in [4.69, 9.17) is 4.84 Å². The molecular formula is C23H17FN8O5S. The predicted molar refractivity (Wildman–Crippen MR) is 134 cm³/mol. The van der Waals surface area contributed by atoms with Gasteiger partial charge < -0.3 is 5.32 Å². The second kappa shape index (κ2) is 9.79. The van der Waals surface area contributed by atoms with Crippen molar-refractivity contribution in [2.45, 2.75) is 0 Å². The van der Waals surface area contributed by atoms with Crippen LogP contribution in [-0.2, 0) is 4.84 Å². The smallest absolute Gasteiger partial charge is 0.305 e. The lowest BCUT2D eigenvalue weighted by molar-refractivity contribution is -0.380. The van der Waals surface area contributed by atoms with Crippen molar-refractivity contribution >= 4 is 45.0 Å². The highest BCUT2D eigenvalue weighted by Gasteiger charge is 2.21. The van der Waals surface area contributed by atoms with Crippen molar-refractivity contribution < 1.29 is 23.7 Å². The van der Waals surface area contributed by atoms with Crippen LogP contribution in [0, 0.1) is 15.9 Å². The van der Waals surface area contributed by atoms with Crippen LogP contribution in [-0.4, -0.2) is 60.3 Å². The number of carbonyl (C=O) groups is 2. The molecule has 192 valence electrons. The zero-order chi connectivity index (χ0) is 27.0. The maximum atomic E-state index is 13.9. The molecular weight excluding hydrogens is 519 g/mol. The fraction of sp³-hybridized carbons (Fsp3) is 0.0870. The number of thiophene rings is 1. The molecule has 1 aromatic carbocycles. The topological polar surface area (TPSA) is 150 Å². The summed E-state index contributed by atoms with van der Waals surface area (Å²) in [7, 11) is 2.82. The van der Waals surface area contributed by atoms with Gasteiger partial charge in [0.1, 0.15) is 11.6 Å². The molecule has 13 nitrogen and oxygen atoms in total. The van der Waals surface area contributed by atoms with Crippen molar-refractivity contribution in [2.24, 2.45) is 0 Å². The van der Waals surface area contributed by atoms with E-state index in [1.807, 2.05) is 0 Å².